The standard InChI is InChI=1S/C22H18N2O3S3/c1-13-10-14(2)21(15(3)11-13)30(26,27)24-16-8-9-18(25)20(12-16)29-22-23-17-6-4-5-7-19(17)28-22/h4-12H,1-3H3/b24-16+. The summed E-state index contributed by atoms with van der Waals surface area (Å²) >= 11 is 2.71. The quantitative estimate of drug-likeness (QED) is 0.509. The van der Waals surface area contributed by atoms with Crippen LogP contribution in [0.3, 0.4) is 0 Å². The molecule has 0 saturated carbocycles. The number of aryl methyl sites for hydroxylation is 3. The van der Waals surface area contributed by atoms with Crippen LogP contribution in [-0.4, -0.2) is 24.9 Å². The largest absolute Gasteiger partial charge is 0.289 e. The Balaban J connectivity index is 1.69. The summed E-state index contributed by atoms with van der Waals surface area (Å²) in [6.45, 7) is 5.45. The first-order chi connectivity index (χ1) is 14.2. The minimum Gasteiger partial charge on any atom is -0.289 e. The molecular formula is C22H18N2O3S3. The molecule has 0 fully saturated rings. The van der Waals surface area contributed by atoms with Gasteiger partial charge in [0, 0.05) is 0 Å². The van der Waals surface area contributed by atoms with Crippen LogP contribution in [0.2, 0.25) is 0 Å². The van der Waals surface area contributed by atoms with Crippen molar-refractivity contribution in [1.29, 1.82) is 0 Å². The fourth-order valence-corrected chi connectivity index (χ4v) is 6.88. The van der Waals surface area contributed by atoms with Gasteiger partial charge in [0.1, 0.15) is 0 Å². The monoisotopic (exact) mass is 454 g/mol. The van der Waals surface area contributed by atoms with Crippen molar-refractivity contribution in [3.63, 3.8) is 0 Å². The van der Waals surface area contributed by atoms with Crippen molar-refractivity contribution in [3.05, 3.63) is 76.2 Å². The zero-order valence-electron chi connectivity index (χ0n) is 16.5. The molecule has 4 rings (SSSR count). The van der Waals surface area contributed by atoms with E-state index in [0.717, 1.165) is 20.1 Å². The first kappa shape index (κ1) is 20.7. The van der Waals surface area contributed by atoms with Gasteiger partial charge in [0.25, 0.3) is 10.0 Å². The van der Waals surface area contributed by atoms with E-state index in [1.165, 1.54) is 41.3 Å². The van der Waals surface area contributed by atoms with E-state index in [1.807, 2.05) is 43.3 Å². The second-order valence-corrected chi connectivity index (χ2v) is 10.8. The number of rotatable bonds is 4. The van der Waals surface area contributed by atoms with Crippen LogP contribution in [0.1, 0.15) is 16.7 Å². The van der Waals surface area contributed by atoms with Crippen molar-refractivity contribution in [2.75, 3.05) is 0 Å². The third kappa shape index (κ3) is 4.16. The van der Waals surface area contributed by atoms with Gasteiger partial charge in [-0.1, -0.05) is 41.6 Å². The fourth-order valence-electron chi connectivity index (χ4n) is 3.38. The molecule has 152 valence electrons. The van der Waals surface area contributed by atoms with Crippen LogP contribution in [0, 0.1) is 20.8 Å². The Bertz CT molecular complexity index is 1320. The van der Waals surface area contributed by atoms with Gasteiger partial charge in [0.2, 0.25) is 0 Å². The third-order valence-electron chi connectivity index (χ3n) is 4.49. The van der Waals surface area contributed by atoms with Crippen LogP contribution < -0.4 is 0 Å². The number of ketones is 1. The molecule has 0 aliphatic heterocycles. The predicted molar refractivity (Wildman–Crippen MR) is 123 cm³/mol. The van der Waals surface area contributed by atoms with Crippen molar-refractivity contribution in [1.82, 2.24) is 4.98 Å². The third-order valence-corrected chi connectivity index (χ3v) is 8.23. The molecule has 0 spiro atoms. The van der Waals surface area contributed by atoms with Crippen LogP contribution in [0.5, 0.6) is 0 Å². The molecule has 1 heterocycles. The Hall–Kier alpha value is -2.55. The molecule has 0 radical (unpaired) electrons. The minimum absolute atomic E-state index is 0.196. The molecule has 8 heteroatoms. The van der Waals surface area contributed by atoms with Gasteiger partial charge in [-0.3, -0.25) is 4.79 Å². The lowest BCUT2D eigenvalue weighted by molar-refractivity contribution is -0.110. The number of hydrogen-bond acceptors (Lipinski definition) is 6. The summed E-state index contributed by atoms with van der Waals surface area (Å²) in [7, 11) is -3.91. The molecule has 1 aliphatic carbocycles. The summed E-state index contributed by atoms with van der Waals surface area (Å²) in [4.78, 5) is 17.5. The average Bonchev–Trinajstić information content (AvgIpc) is 3.05. The molecule has 1 aromatic heterocycles. The maximum Gasteiger partial charge on any atom is 0.283 e. The minimum atomic E-state index is -3.91. The molecule has 0 atom stereocenters. The first-order valence-electron chi connectivity index (χ1n) is 9.13. The summed E-state index contributed by atoms with van der Waals surface area (Å²) in [5.41, 5.74) is 3.39. The van der Waals surface area contributed by atoms with E-state index in [4.69, 9.17) is 0 Å². The van der Waals surface area contributed by atoms with E-state index in [1.54, 1.807) is 13.8 Å². The van der Waals surface area contributed by atoms with E-state index in [0.29, 0.717) is 16.0 Å². The zero-order valence-corrected chi connectivity index (χ0v) is 19.0. The highest BCUT2D eigenvalue weighted by atomic mass is 32.2. The molecule has 3 aromatic rings. The highest BCUT2D eigenvalue weighted by Gasteiger charge is 2.22. The lowest BCUT2D eigenvalue weighted by Gasteiger charge is -2.11. The number of benzene rings is 2. The lowest BCUT2D eigenvalue weighted by atomic mass is 10.1. The first-order valence-corrected chi connectivity index (χ1v) is 12.2. The molecule has 0 unspecified atom stereocenters. The predicted octanol–water partition coefficient (Wildman–Crippen LogP) is 5.17. The van der Waals surface area contributed by atoms with Gasteiger partial charge in [-0.05, 0) is 62.3 Å². The van der Waals surface area contributed by atoms with Gasteiger partial charge in [-0.2, -0.15) is 12.8 Å². The summed E-state index contributed by atoms with van der Waals surface area (Å²) < 4.78 is 31.7. The molecular weight excluding hydrogens is 436 g/mol. The number of thioether (sulfide) groups is 1. The van der Waals surface area contributed by atoms with Crippen LogP contribution in [0.25, 0.3) is 10.2 Å². The van der Waals surface area contributed by atoms with Crippen LogP contribution in [0.15, 0.2) is 73.2 Å². The van der Waals surface area contributed by atoms with Gasteiger partial charge in [0.15, 0.2) is 10.1 Å². The number of aromatic nitrogens is 1. The van der Waals surface area contributed by atoms with E-state index in [2.05, 4.69) is 9.38 Å². The van der Waals surface area contributed by atoms with Gasteiger partial charge in [-0.25, -0.2) is 4.98 Å². The van der Waals surface area contributed by atoms with E-state index < -0.39 is 10.0 Å². The van der Waals surface area contributed by atoms with E-state index in [9.17, 15) is 13.2 Å². The van der Waals surface area contributed by atoms with Crippen LogP contribution in [-0.2, 0) is 14.8 Å². The molecule has 0 bridgehead atoms. The molecule has 2 aromatic carbocycles. The summed E-state index contributed by atoms with van der Waals surface area (Å²) in [5.74, 6) is -0.196. The smallest absolute Gasteiger partial charge is 0.283 e. The number of carbonyl (C=O) groups is 1. The Labute approximate surface area is 183 Å². The number of sulfonamides is 1. The number of allylic oxidation sites excluding steroid dienone is 4. The van der Waals surface area contributed by atoms with Gasteiger partial charge in [0.05, 0.1) is 25.7 Å². The van der Waals surface area contributed by atoms with Gasteiger partial charge >= 0.3 is 0 Å². The summed E-state index contributed by atoms with van der Waals surface area (Å²) in [6, 6.07) is 11.4. The number of thiazole rings is 1. The summed E-state index contributed by atoms with van der Waals surface area (Å²) in [5, 5.41) is 0. The fraction of sp³-hybridized carbons (Fsp3) is 0.136. The van der Waals surface area contributed by atoms with Crippen molar-refractivity contribution in [2.45, 2.75) is 30.0 Å². The summed E-state index contributed by atoms with van der Waals surface area (Å²) in [6.07, 6.45) is 4.29. The number of para-hydroxylation sites is 1. The highest BCUT2D eigenvalue weighted by Crippen LogP contribution is 2.35. The average molecular weight is 455 g/mol. The molecule has 1 aliphatic rings. The number of hydrogen-bond donors (Lipinski definition) is 0. The number of fused-ring (bicyclic) bond motifs is 1. The number of nitrogens with zero attached hydrogens (tertiary/aromatic N) is 2. The molecule has 0 amide bonds. The maximum absolute atomic E-state index is 13.0. The second kappa shape index (κ2) is 7.94. The molecule has 0 saturated heterocycles. The topological polar surface area (TPSA) is 76.5 Å². The van der Waals surface area contributed by atoms with E-state index in [-0.39, 0.29) is 16.4 Å². The van der Waals surface area contributed by atoms with Gasteiger partial charge < -0.3 is 0 Å². The second-order valence-electron chi connectivity index (χ2n) is 6.97. The highest BCUT2D eigenvalue weighted by molar-refractivity contribution is 8.05. The van der Waals surface area contributed by atoms with Gasteiger partial charge in [-0.15, -0.1) is 11.3 Å². The Morgan fingerprint density at radius 2 is 1.73 bits per heavy atom. The van der Waals surface area contributed by atoms with Crippen molar-refractivity contribution >= 4 is 54.8 Å². The molecule has 5 nitrogen and oxygen atoms in total. The Kier molecular flexibility index (Phi) is 5.48. The van der Waals surface area contributed by atoms with Crippen molar-refractivity contribution in [3.8, 4) is 0 Å². The van der Waals surface area contributed by atoms with Crippen LogP contribution >= 0.6 is 23.1 Å². The number of carbonyl (C=O) groups excluding carboxylic acids is 1. The van der Waals surface area contributed by atoms with Crippen LogP contribution in [0.4, 0.5) is 0 Å². The van der Waals surface area contributed by atoms with E-state index >= 15 is 0 Å². The molecule has 30 heavy (non-hydrogen) atoms. The SMILES string of the molecule is Cc1cc(C)c(S(=O)(=O)/N=C2\C=CC(=O)C(Sc3nc4ccccc4s3)=C2)c(C)c1. The Morgan fingerprint density at radius 3 is 2.43 bits per heavy atom. The maximum atomic E-state index is 13.0. The normalized spacial score (nSPS) is 15.8. The lowest BCUT2D eigenvalue weighted by Crippen LogP contribution is -2.10. The van der Waals surface area contributed by atoms with Crippen molar-refractivity contribution in [2.24, 2.45) is 4.40 Å². The molecule has 0 N–H and O–H groups in total. The zero-order chi connectivity index (χ0) is 21.5. The van der Waals surface area contributed by atoms with Crippen molar-refractivity contribution < 1.29 is 13.2 Å². The Morgan fingerprint density at radius 1 is 1.03 bits per heavy atom.